The van der Waals surface area contributed by atoms with Gasteiger partial charge in [-0.1, -0.05) is 18.5 Å². The van der Waals surface area contributed by atoms with E-state index >= 15 is 0 Å². The number of imide groups is 2. The van der Waals surface area contributed by atoms with E-state index in [0.717, 1.165) is 23.5 Å². The third-order valence-corrected chi connectivity index (χ3v) is 5.00. The number of carbonyl (C=O) groups excluding carboxylic acids is 3. The maximum Gasteiger partial charge on any atom is 0.335 e. The lowest BCUT2D eigenvalue weighted by Gasteiger charge is -2.26. The van der Waals surface area contributed by atoms with E-state index in [4.69, 9.17) is 21.1 Å². The Bertz CT molecular complexity index is 1080. The van der Waals surface area contributed by atoms with Crippen molar-refractivity contribution < 1.29 is 28.2 Å². The van der Waals surface area contributed by atoms with Gasteiger partial charge in [0.1, 0.15) is 11.4 Å². The van der Waals surface area contributed by atoms with Crippen molar-refractivity contribution in [3.63, 3.8) is 0 Å². The molecule has 9 heteroatoms. The maximum absolute atomic E-state index is 13.2. The van der Waals surface area contributed by atoms with Gasteiger partial charge in [-0.3, -0.25) is 14.9 Å². The molecule has 1 N–H and O–H groups in total. The number of urea groups is 1. The highest BCUT2D eigenvalue weighted by atomic mass is 35.5. The fraction of sp³-hybridized carbons (Fsp3) is 0.261. The number of anilines is 1. The summed E-state index contributed by atoms with van der Waals surface area (Å²) >= 11 is 6.40. The Morgan fingerprint density at radius 1 is 1.16 bits per heavy atom. The molecule has 1 fully saturated rings. The van der Waals surface area contributed by atoms with Crippen molar-refractivity contribution in [2.45, 2.75) is 33.3 Å². The normalized spacial score (nSPS) is 16.2. The second kappa shape index (κ2) is 9.82. The van der Waals surface area contributed by atoms with E-state index in [1.54, 1.807) is 13.0 Å². The van der Waals surface area contributed by atoms with E-state index in [1.807, 2.05) is 13.8 Å². The second-order valence-electron chi connectivity index (χ2n) is 7.03. The molecular formula is C23H22ClFN2O5. The van der Waals surface area contributed by atoms with Crippen LogP contribution in [0.5, 0.6) is 11.5 Å². The molecule has 1 aliphatic heterocycles. The number of barbiturate groups is 1. The van der Waals surface area contributed by atoms with Crippen molar-refractivity contribution in [3.8, 4) is 11.5 Å². The van der Waals surface area contributed by atoms with Gasteiger partial charge in [0.15, 0.2) is 11.5 Å². The molecule has 32 heavy (non-hydrogen) atoms. The van der Waals surface area contributed by atoms with Crippen LogP contribution >= 0.6 is 11.6 Å². The Morgan fingerprint density at radius 3 is 2.47 bits per heavy atom. The van der Waals surface area contributed by atoms with Crippen molar-refractivity contribution in [3.05, 3.63) is 58.4 Å². The molecule has 0 bridgehead atoms. The zero-order valence-electron chi connectivity index (χ0n) is 17.8. The molecule has 7 nitrogen and oxygen atoms in total. The van der Waals surface area contributed by atoms with Crippen LogP contribution < -0.4 is 19.7 Å². The van der Waals surface area contributed by atoms with Crippen molar-refractivity contribution in [2.24, 2.45) is 0 Å². The minimum atomic E-state index is -0.922. The lowest BCUT2D eigenvalue weighted by Crippen LogP contribution is -2.54. The van der Waals surface area contributed by atoms with Crippen molar-refractivity contribution >= 4 is 41.2 Å². The summed E-state index contributed by atoms with van der Waals surface area (Å²) in [5.41, 5.74) is 0.238. The zero-order chi connectivity index (χ0) is 23.4. The minimum absolute atomic E-state index is 0.100. The first-order chi connectivity index (χ1) is 15.2. The van der Waals surface area contributed by atoms with Gasteiger partial charge in [0, 0.05) is 0 Å². The summed E-state index contributed by atoms with van der Waals surface area (Å²) in [6, 6.07) is 6.97. The number of nitrogens with zero attached hydrogens (tertiary/aromatic N) is 1. The van der Waals surface area contributed by atoms with Crippen LogP contribution in [0.2, 0.25) is 5.02 Å². The minimum Gasteiger partial charge on any atom is -0.490 e. The highest BCUT2D eigenvalue weighted by molar-refractivity contribution is 6.39. The average molecular weight is 461 g/mol. The fourth-order valence-corrected chi connectivity index (χ4v) is 3.25. The molecule has 1 saturated heterocycles. The van der Waals surface area contributed by atoms with Crippen LogP contribution in [0.15, 0.2) is 42.0 Å². The molecule has 3 rings (SSSR count). The molecule has 0 aromatic heterocycles. The number of halogens is 2. The number of amides is 4. The van der Waals surface area contributed by atoms with Gasteiger partial charge in [0.05, 0.1) is 23.4 Å². The summed E-state index contributed by atoms with van der Waals surface area (Å²) in [6.45, 7) is 6.02. The van der Waals surface area contributed by atoms with Crippen LogP contribution in [0.25, 0.3) is 6.08 Å². The number of hydrogen-bond acceptors (Lipinski definition) is 5. The number of benzene rings is 2. The van der Waals surface area contributed by atoms with Crippen LogP contribution in [-0.4, -0.2) is 30.6 Å². The Balaban J connectivity index is 2.01. The van der Waals surface area contributed by atoms with Gasteiger partial charge in [-0.05, 0) is 68.3 Å². The number of ether oxygens (including phenoxy) is 2. The van der Waals surface area contributed by atoms with E-state index in [0.29, 0.717) is 23.7 Å². The smallest absolute Gasteiger partial charge is 0.335 e. The van der Waals surface area contributed by atoms with Crippen molar-refractivity contribution in [1.82, 2.24) is 5.32 Å². The molecule has 0 aliphatic carbocycles. The highest BCUT2D eigenvalue weighted by Gasteiger charge is 2.36. The molecule has 168 valence electrons. The zero-order valence-corrected chi connectivity index (χ0v) is 18.5. The first kappa shape index (κ1) is 23.3. The number of nitrogens with one attached hydrogen (secondary N) is 1. The standard InChI is InChI=1S/C23H22ClFN2O5/c1-4-13(3)32-20-18(24)11-14(12-19(20)31-5-2)10-17-21(28)26-23(30)27(22(17)29)16-8-6-15(25)7-9-16/h6-13H,4-5H2,1-3H3,(H,26,28,30)/b17-10+/t13-/m1/s1. The maximum atomic E-state index is 13.2. The molecule has 0 unspecified atom stereocenters. The summed E-state index contributed by atoms with van der Waals surface area (Å²) in [5.74, 6) is -1.50. The Hall–Kier alpha value is -3.39. The predicted octanol–water partition coefficient (Wildman–Crippen LogP) is 4.72. The summed E-state index contributed by atoms with van der Waals surface area (Å²) in [5, 5.41) is 2.37. The number of carbonyl (C=O) groups is 3. The van der Waals surface area contributed by atoms with E-state index < -0.39 is 23.7 Å². The Kier molecular flexibility index (Phi) is 7.15. The topological polar surface area (TPSA) is 84.9 Å². The van der Waals surface area contributed by atoms with Crippen LogP contribution in [0.4, 0.5) is 14.9 Å². The number of rotatable bonds is 7. The highest BCUT2D eigenvalue weighted by Crippen LogP contribution is 2.38. The molecule has 0 saturated carbocycles. The van der Waals surface area contributed by atoms with E-state index in [-0.39, 0.29) is 22.4 Å². The van der Waals surface area contributed by atoms with Gasteiger partial charge >= 0.3 is 6.03 Å². The largest absolute Gasteiger partial charge is 0.490 e. The SMILES string of the molecule is CCOc1cc(/C=C2\C(=O)NC(=O)N(c3ccc(F)cc3)C2=O)cc(Cl)c1O[C@H](C)CC. The summed E-state index contributed by atoms with van der Waals surface area (Å²) in [4.78, 5) is 38.4. The molecule has 0 radical (unpaired) electrons. The van der Waals surface area contributed by atoms with E-state index in [1.165, 1.54) is 24.3 Å². The monoisotopic (exact) mass is 460 g/mol. The summed E-state index contributed by atoms with van der Waals surface area (Å²) in [6.07, 6.45) is 1.97. The van der Waals surface area contributed by atoms with Crippen LogP contribution in [0.1, 0.15) is 32.8 Å². The molecule has 4 amide bonds. The third-order valence-electron chi connectivity index (χ3n) is 4.72. The molecule has 2 aromatic carbocycles. The van der Waals surface area contributed by atoms with E-state index in [9.17, 15) is 18.8 Å². The van der Waals surface area contributed by atoms with E-state index in [2.05, 4.69) is 5.32 Å². The summed E-state index contributed by atoms with van der Waals surface area (Å²) < 4.78 is 24.7. The van der Waals surface area contributed by atoms with Crippen molar-refractivity contribution in [1.29, 1.82) is 0 Å². The van der Waals surface area contributed by atoms with Crippen LogP contribution in [0, 0.1) is 5.82 Å². The Morgan fingerprint density at radius 2 is 1.84 bits per heavy atom. The van der Waals surface area contributed by atoms with Gasteiger partial charge in [0.25, 0.3) is 11.8 Å². The molecular weight excluding hydrogens is 439 g/mol. The van der Waals surface area contributed by atoms with Crippen LogP contribution in [0.3, 0.4) is 0 Å². The average Bonchev–Trinajstić information content (AvgIpc) is 2.74. The predicted molar refractivity (Wildman–Crippen MR) is 118 cm³/mol. The summed E-state index contributed by atoms with van der Waals surface area (Å²) in [7, 11) is 0. The van der Waals surface area contributed by atoms with Crippen molar-refractivity contribution in [2.75, 3.05) is 11.5 Å². The van der Waals surface area contributed by atoms with Gasteiger partial charge in [-0.25, -0.2) is 14.1 Å². The third kappa shape index (κ3) is 4.91. The first-order valence-corrected chi connectivity index (χ1v) is 10.4. The quantitative estimate of drug-likeness (QED) is 0.477. The van der Waals surface area contributed by atoms with Gasteiger partial charge in [-0.2, -0.15) is 0 Å². The van der Waals surface area contributed by atoms with Gasteiger partial charge < -0.3 is 9.47 Å². The molecule has 1 atom stereocenters. The Labute approximate surface area is 189 Å². The van der Waals surface area contributed by atoms with Crippen LogP contribution in [-0.2, 0) is 9.59 Å². The first-order valence-electron chi connectivity index (χ1n) is 10.0. The number of hydrogen-bond donors (Lipinski definition) is 1. The van der Waals surface area contributed by atoms with Gasteiger partial charge in [0.2, 0.25) is 0 Å². The lowest BCUT2D eigenvalue weighted by atomic mass is 10.1. The molecule has 1 aliphatic rings. The molecule has 0 spiro atoms. The molecule has 1 heterocycles. The van der Waals surface area contributed by atoms with Gasteiger partial charge in [-0.15, -0.1) is 0 Å². The molecule has 2 aromatic rings. The second-order valence-corrected chi connectivity index (χ2v) is 7.44. The fourth-order valence-electron chi connectivity index (χ4n) is 2.98. The lowest BCUT2D eigenvalue weighted by molar-refractivity contribution is -0.122.